The molecular formula is C15H20N2O6S. The number of likely N-dealkylation sites (tertiary alicyclic amines) is 1. The van der Waals surface area contributed by atoms with E-state index in [4.69, 9.17) is 4.42 Å². The minimum atomic E-state index is -3.68. The van der Waals surface area contributed by atoms with E-state index in [1.807, 2.05) is 0 Å². The molecule has 2 aliphatic heterocycles. The summed E-state index contributed by atoms with van der Waals surface area (Å²) in [5.41, 5.74) is 0. The van der Waals surface area contributed by atoms with Crippen molar-refractivity contribution in [3.05, 3.63) is 17.6 Å². The first-order valence-electron chi connectivity index (χ1n) is 7.96. The number of hydrogen-bond acceptors (Lipinski definition) is 5. The Kier molecular flexibility index (Phi) is 4.39. The van der Waals surface area contributed by atoms with Crippen LogP contribution >= 0.6 is 0 Å². The van der Waals surface area contributed by atoms with Crippen molar-refractivity contribution in [2.45, 2.75) is 43.5 Å². The Bertz CT molecular complexity index is 763. The van der Waals surface area contributed by atoms with Gasteiger partial charge in [0.25, 0.3) is 5.91 Å². The molecule has 2 aliphatic rings. The summed E-state index contributed by atoms with van der Waals surface area (Å²) in [6.07, 6.45) is 2.62. The number of amides is 1. The number of furan rings is 1. The Morgan fingerprint density at radius 1 is 1.21 bits per heavy atom. The molecule has 1 atom stereocenters. The summed E-state index contributed by atoms with van der Waals surface area (Å²) >= 11 is 0. The monoisotopic (exact) mass is 356 g/mol. The first-order chi connectivity index (χ1) is 11.3. The van der Waals surface area contributed by atoms with Crippen LogP contribution in [-0.2, 0) is 14.8 Å². The third-order valence-electron chi connectivity index (χ3n) is 4.56. The van der Waals surface area contributed by atoms with Crippen LogP contribution in [0.2, 0.25) is 0 Å². The topological polar surface area (TPSA) is 108 Å². The van der Waals surface area contributed by atoms with Gasteiger partial charge < -0.3 is 14.4 Å². The van der Waals surface area contributed by atoms with E-state index in [-0.39, 0.29) is 16.4 Å². The van der Waals surface area contributed by atoms with Crippen molar-refractivity contribution in [3.63, 3.8) is 0 Å². The third-order valence-corrected chi connectivity index (χ3v) is 6.57. The van der Waals surface area contributed by atoms with Gasteiger partial charge in [0, 0.05) is 25.7 Å². The van der Waals surface area contributed by atoms with Crippen LogP contribution in [0.3, 0.4) is 0 Å². The number of carbonyl (C=O) groups is 2. The normalized spacial score (nSPS) is 22.2. The van der Waals surface area contributed by atoms with Crippen LogP contribution in [0.15, 0.2) is 15.4 Å². The summed E-state index contributed by atoms with van der Waals surface area (Å²) in [5.74, 6) is -1.62. The van der Waals surface area contributed by atoms with Crippen LogP contribution in [0, 0.1) is 6.92 Å². The predicted octanol–water partition coefficient (Wildman–Crippen LogP) is 1.06. The summed E-state index contributed by atoms with van der Waals surface area (Å²) in [7, 11) is -3.68. The number of aliphatic carboxylic acids is 1. The average molecular weight is 356 g/mol. The van der Waals surface area contributed by atoms with Crippen LogP contribution in [0.1, 0.15) is 42.0 Å². The molecule has 0 saturated carbocycles. The maximum absolute atomic E-state index is 12.6. The van der Waals surface area contributed by atoms with E-state index >= 15 is 0 Å². The van der Waals surface area contributed by atoms with Crippen molar-refractivity contribution < 1.29 is 27.5 Å². The lowest BCUT2D eigenvalue weighted by molar-refractivity contribution is -0.141. The fraction of sp³-hybridized carbons (Fsp3) is 0.600. The van der Waals surface area contributed by atoms with Crippen LogP contribution in [0.5, 0.6) is 0 Å². The van der Waals surface area contributed by atoms with Gasteiger partial charge in [0.05, 0.1) is 0 Å². The van der Waals surface area contributed by atoms with Crippen molar-refractivity contribution in [2.24, 2.45) is 0 Å². The molecule has 9 heteroatoms. The van der Waals surface area contributed by atoms with Gasteiger partial charge in [-0.25, -0.2) is 13.2 Å². The van der Waals surface area contributed by atoms with Crippen LogP contribution in [-0.4, -0.2) is 60.3 Å². The van der Waals surface area contributed by atoms with Crippen LogP contribution < -0.4 is 0 Å². The fourth-order valence-electron chi connectivity index (χ4n) is 3.30. The number of rotatable bonds is 4. The molecule has 1 amide bonds. The lowest BCUT2D eigenvalue weighted by Crippen LogP contribution is -2.40. The van der Waals surface area contributed by atoms with Gasteiger partial charge in [-0.3, -0.25) is 4.79 Å². The average Bonchev–Trinajstić information content (AvgIpc) is 3.26. The summed E-state index contributed by atoms with van der Waals surface area (Å²) < 4.78 is 32.0. The molecule has 3 rings (SSSR count). The number of nitrogens with zero attached hydrogens (tertiary/aromatic N) is 2. The Morgan fingerprint density at radius 3 is 2.50 bits per heavy atom. The lowest BCUT2D eigenvalue weighted by atomic mass is 10.2. The Balaban J connectivity index is 1.89. The first-order valence-corrected chi connectivity index (χ1v) is 9.40. The van der Waals surface area contributed by atoms with Crippen LogP contribution in [0.25, 0.3) is 0 Å². The standard InChI is InChI=1S/C15H20N2O6S/c1-10-13(24(21,22)16-6-2-3-7-16)9-12(23-10)14(18)17-8-4-5-11(17)15(19)20/h9,11H,2-8H2,1H3,(H,19,20)/t11-/m1/s1. The molecular weight excluding hydrogens is 336 g/mol. The molecule has 0 aliphatic carbocycles. The van der Waals surface area contributed by atoms with Crippen molar-refractivity contribution in [3.8, 4) is 0 Å². The SMILES string of the molecule is Cc1oc(C(=O)N2CCC[C@@H]2C(=O)O)cc1S(=O)(=O)N1CCCC1. The number of hydrogen-bond donors (Lipinski definition) is 1. The summed E-state index contributed by atoms with van der Waals surface area (Å²) in [4.78, 5) is 25.0. The largest absolute Gasteiger partial charge is 0.480 e. The van der Waals surface area contributed by atoms with Gasteiger partial charge in [-0.2, -0.15) is 4.31 Å². The van der Waals surface area contributed by atoms with Gasteiger partial charge in [-0.1, -0.05) is 0 Å². The Labute approximate surface area is 140 Å². The molecule has 1 N–H and O–H groups in total. The van der Waals surface area contributed by atoms with Crippen LogP contribution in [0.4, 0.5) is 0 Å². The van der Waals surface area contributed by atoms with E-state index in [0.29, 0.717) is 32.5 Å². The molecule has 2 saturated heterocycles. The fourth-order valence-corrected chi connectivity index (χ4v) is 4.98. The highest BCUT2D eigenvalue weighted by atomic mass is 32.2. The summed E-state index contributed by atoms with van der Waals surface area (Å²) in [6.45, 7) is 2.75. The lowest BCUT2D eigenvalue weighted by Gasteiger charge is -2.19. The number of carboxylic acid groups (broad SMARTS) is 1. The zero-order valence-corrected chi connectivity index (χ0v) is 14.2. The van der Waals surface area contributed by atoms with Crippen molar-refractivity contribution in [2.75, 3.05) is 19.6 Å². The van der Waals surface area contributed by atoms with E-state index in [2.05, 4.69) is 0 Å². The smallest absolute Gasteiger partial charge is 0.326 e. The minimum absolute atomic E-state index is 0.0150. The third kappa shape index (κ3) is 2.82. The predicted molar refractivity (Wildman–Crippen MR) is 83.1 cm³/mol. The summed E-state index contributed by atoms with van der Waals surface area (Å²) in [6, 6.07) is 0.337. The maximum Gasteiger partial charge on any atom is 0.326 e. The molecule has 0 spiro atoms. The molecule has 3 heterocycles. The quantitative estimate of drug-likeness (QED) is 0.864. The number of carboxylic acids is 1. The summed E-state index contributed by atoms with van der Waals surface area (Å²) in [5, 5.41) is 9.19. The molecule has 0 radical (unpaired) electrons. The zero-order valence-electron chi connectivity index (χ0n) is 13.4. The van der Waals surface area contributed by atoms with Gasteiger partial charge in [0.15, 0.2) is 5.76 Å². The van der Waals surface area contributed by atoms with Crippen molar-refractivity contribution in [1.29, 1.82) is 0 Å². The highest BCUT2D eigenvalue weighted by Crippen LogP contribution is 2.28. The highest BCUT2D eigenvalue weighted by Gasteiger charge is 2.37. The molecule has 24 heavy (non-hydrogen) atoms. The number of carbonyl (C=O) groups excluding carboxylic acids is 1. The number of sulfonamides is 1. The molecule has 1 aromatic rings. The molecule has 132 valence electrons. The Morgan fingerprint density at radius 2 is 1.88 bits per heavy atom. The maximum atomic E-state index is 12.6. The second-order valence-corrected chi connectivity index (χ2v) is 8.04. The molecule has 0 aromatic carbocycles. The van der Waals surface area contributed by atoms with Gasteiger partial charge in [-0.05, 0) is 32.6 Å². The molecule has 8 nitrogen and oxygen atoms in total. The highest BCUT2D eigenvalue weighted by molar-refractivity contribution is 7.89. The van der Waals surface area contributed by atoms with Gasteiger partial charge in [-0.15, -0.1) is 0 Å². The van der Waals surface area contributed by atoms with E-state index in [9.17, 15) is 23.1 Å². The Hall–Kier alpha value is -1.87. The van der Waals surface area contributed by atoms with Crippen molar-refractivity contribution >= 4 is 21.9 Å². The van der Waals surface area contributed by atoms with Gasteiger partial charge in [0.2, 0.25) is 10.0 Å². The molecule has 0 unspecified atom stereocenters. The van der Waals surface area contributed by atoms with E-state index in [1.165, 1.54) is 22.2 Å². The zero-order chi connectivity index (χ0) is 17.5. The first kappa shape index (κ1) is 17.0. The molecule has 0 bridgehead atoms. The van der Waals surface area contributed by atoms with E-state index in [1.54, 1.807) is 0 Å². The molecule has 1 aromatic heterocycles. The van der Waals surface area contributed by atoms with E-state index in [0.717, 1.165) is 12.8 Å². The minimum Gasteiger partial charge on any atom is -0.480 e. The second-order valence-electron chi connectivity index (χ2n) is 6.14. The van der Waals surface area contributed by atoms with Crippen molar-refractivity contribution in [1.82, 2.24) is 9.21 Å². The number of aryl methyl sites for hydroxylation is 1. The second kappa shape index (κ2) is 6.21. The van der Waals surface area contributed by atoms with Gasteiger partial charge in [0.1, 0.15) is 16.7 Å². The van der Waals surface area contributed by atoms with Gasteiger partial charge >= 0.3 is 5.97 Å². The van der Waals surface area contributed by atoms with E-state index < -0.39 is 27.9 Å². The molecule has 2 fully saturated rings.